The van der Waals surface area contributed by atoms with Gasteiger partial charge in [-0.25, -0.2) is 14.1 Å². The molecule has 2 aliphatic heterocycles. The maximum atomic E-state index is 13.4. The molecular formula is C27H33FN6O3. The van der Waals surface area contributed by atoms with Crippen LogP contribution in [0.4, 0.5) is 10.1 Å². The molecule has 0 radical (unpaired) electrons. The van der Waals surface area contributed by atoms with Crippen molar-refractivity contribution in [1.82, 2.24) is 25.0 Å². The molecule has 5 rings (SSSR count). The van der Waals surface area contributed by atoms with Crippen molar-refractivity contribution in [3.63, 3.8) is 0 Å². The minimum atomic E-state index is -0.313. The average Bonchev–Trinajstić information content (AvgIpc) is 3.35. The Morgan fingerprint density at radius 1 is 1.05 bits per heavy atom. The van der Waals surface area contributed by atoms with Crippen molar-refractivity contribution >= 4 is 28.5 Å². The maximum Gasteiger partial charge on any atom is 0.255 e. The highest BCUT2D eigenvalue weighted by Crippen LogP contribution is 2.28. The molecule has 37 heavy (non-hydrogen) atoms. The standard InChI is InChI=1S/C27H33FN6O3/c1-2-34-26-22(17-30-34)25(31-21-9-13-37-14-10-21)23(16-29-26)27(36)32-20-7-11-33(12-8-20)24(35)15-18-3-5-19(28)6-4-18/h3-6,16-17,20-21H,2,7-15H2,1H3,(H,29,31)(H,32,36). The van der Waals surface area contributed by atoms with Crippen LogP contribution in [0.15, 0.2) is 36.7 Å². The lowest BCUT2D eigenvalue weighted by atomic mass is 10.0. The van der Waals surface area contributed by atoms with Gasteiger partial charge < -0.3 is 20.3 Å². The predicted molar refractivity (Wildman–Crippen MR) is 138 cm³/mol. The number of nitrogens with one attached hydrogen (secondary N) is 2. The number of aromatic nitrogens is 3. The fraction of sp³-hybridized carbons (Fsp3) is 0.481. The monoisotopic (exact) mass is 508 g/mol. The number of pyridine rings is 1. The van der Waals surface area contributed by atoms with Crippen molar-refractivity contribution in [3.05, 3.63) is 53.6 Å². The molecule has 2 amide bonds. The summed E-state index contributed by atoms with van der Waals surface area (Å²) in [6.07, 6.45) is 6.74. The number of anilines is 1. The van der Waals surface area contributed by atoms with Crippen LogP contribution in [-0.4, -0.2) is 69.9 Å². The fourth-order valence-electron chi connectivity index (χ4n) is 5.06. The summed E-state index contributed by atoms with van der Waals surface area (Å²) in [6, 6.07) is 6.20. The Kier molecular flexibility index (Phi) is 7.64. The number of likely N-dealkylation sites (tertiary alicyclic amines) is 1. The van der Waals surface area contributed by atoms with Crippen molar-refractivity contribution < 1.29 is 18.7 Å². The van der Waals surface area contributed by atoms with Crippen LogP contribution in [0.5, 0.6) is 0 Å². The minimum Gasteiger partial charge on any atom is -0.381 e. The lowest BCUT2D eigenvalue weighted by Gasteiger charge is -2.32. The number of rotatable bonds is 7. The second-order valence-corrected chi connectivity index (χ2v) is 9.71. The summed E-state index contributed by atoms with van der Waals surface area (Å²) in [4.78, 5) is 32.5. The third kappa shape index (κ3) is 5.74. The molecule has 0 spiro atoms. The molecule has 3 aromatic rings. The molecule has 2 saturated heterocycles. The first kappa shape index (κ1) is 25.1. The Bertz CT molecular complexity index is 1250. The number of halogens is 1. The van der Waals surface area contributed by atoms with E-state index in [-0.39, 0.29) is 36.1 Å². The van der Waals surface area contributed by atoms with Gasteiger partial charge in [-0.05, 0) is 50.3 Å². The molecule has 196 valence electrons. The number of benzene rings is 1. The van der Waals surface area contributed by atoms with Gasteiger partial charge in [-0.15, -0.1) is 0 Å². The van der Waals surface area contributed by atoms with Crippen molar-refractivity contribution in [1.29, 1.82) is 0 Å². The third-order valence-corrected chi connectivity index (χ3v) is 7.23. The lowest BCUT2D eigenvalue weighted by Crippen LogP contribution is -2.47. The number of hydrogen-bond donors (Lipinski definition) is 2. The normalized spacial score (nSPS) is 17.2. The zero-order chi connectivity index (χ0) is 25.8. The van der Waals surface area contributed by atoms with Gasteiger partial charge in [0.05, 0.1) is 29.3 Å². The van der Waals surface area contributed by atoms with E-state index in [2.05, 4.69) is 20.7 Å². The fourth-order valence-corrected chi connectivity index (χ4v) is 5.06. The van der Waals surface area contributed by atoms with E-state index < -0.39 is 0 Å². The molecule has 0 saturated carbocycles. The molecule has 10 heteroatoms. The molecule has 0 atom stereocenters. The summed E-state index contributed by atoms with van der Waals surface area (Å²) >= 11 is 0. The highest BCUT2D eigenvalue weighted by atomic mass is 19.1. The van der Waals surface area contributed by atoms with E-state index in [9.17, 15) is 14.0 Å². The maximum absolute atomic E-state index is 13.4. The van der Waals surface area contributed by atoms with Crippen LogP contribution in [0.25, 0.3) is 11.0 Å². The molecule has 9 nitrogen and oxygen atoms in total. The summed E-state index contributed by atoms with van der Waals surface area (Å²) in [5.74, 6) is -0.473. The summed E-state index contributed by atoms with van der Waals surface area (Å²) in [7, 11) is 0. The molecule has 2 N–H and O–H groups in total. The molecule has 2 aliphatic rings. The quantitative estimate of drug-likeness (QED) is 0.509. The molecule has 0 bridgehead atoms. The number of carbonyl (C=O) groups is 2. The lowest BCUT2D eigenvalue weighted by molar-refractivity contribution is -0.131. The molecule has 0 aliphatic carbocycles. The van der Waals surface area contributed by atoms with E-state index in [1.54, 1.807) is 24.5 Å². The first-order valence-corrected chi connectivity index (χ1v) is 13.0. The van der Waals surface area contributed by atoms with Gasteiger partial charge in [0.25, 0.3) is 5.91 Å². The van der Waals surface area contributed by atoms with Gasteiger partial charge in [-0.3, -0.25) is 9.59 Å². The van der Waals surface area contributed by atoms with Crippen molar-refractivity contribution in [2.45, 2.75) is 57.7 Å². The number of piperidine rings is 1. The van der Waals surface area contributed by atoms with Crippen LogP contribution in [0.3, 0.4) is 0 Å². The van der Waals surface area contributed by atoms with E-state index in [1.165, 1.54) is 12.1 Å². The number of hydrogen-bond acceptors (Lipinski definition) is 6. The summed E-state index contributed by atoms with van der Waals surface area (Å²) in [6.45, 7) is 5.23. The Labute approximate surface area is 215 Å². The summed E-state index contributed by atoms with van der Waals surface area (Å²) < 4.78 is 20.5. The summed E-state index contributed by atoms with van der Waals surface area (Å²) in [5, 5.41) is 12.0. The van der Waals surface area contributed by atoms with Gasteiger partial charge in [-0.2, -0.15) is 5.10 Å². The first-order chi connectivity index (χ1) is 18.0. The Morgan fingerprint density at radius 2 is 1.78 bits per heavy atom. The zero-order valence-electron chi connectivity index (χ0n) is 21.1. The summed E-state index contributed by atoms with van der Waals surface area (Å²) in [5.41, 5.74) is 2.81. The van der Waals surface area contributed by atoms with Gasteiger partial charge >= 0.3 is 0 Å². The SMILES string of the molecule is CCn1ncc2c(NC3CCOCC3)c(C(=O)NC3CCN(C(=O)Cc4ccc(F)cc4)CC3)cnc21. The highest BCUT2D eigenvalue weighted by molar-refractivity contribution is 6.06. The van der Waals surface area contributed by atoms with E-state index in [4.69, 9.17) is 4.74 Å². The number of ether oxygens (including phenoxy) is 1. The van der Waals surface area contributed by atoms with Crippen LogP contribution in [0.2, 0.25) is 0 Å². The molecule has 1 aromatic carbocycles. The van der Waals surface area contributed by atoms with Crippen LogP contribution in [0, 0.1) is 5.82 Å². The largest absolute Gasteiger partial charge is 0.381 e. The molecule has 0 unspecified atom stereocenters. The van der Waals surface area contributed by atoms with Gasteiger partial charge in [0, 0.05) is 51.1 Å². The van der Waals surface area contributed by atoms with E-state index >= 15 is 0 Å². The number of nitrogens with zero attached hydrogens (tertiary/aromatic N) is 4. The number of amides is 2. The van der Waals surface area contributed by atoms with Gasteiger partial charge in [0.1, 0.15) is 5.82 Å². The second-order valence-electron chi connectivity index (χ2n) is 9.71. The Morgan fingerprint density at radius 3 is 2.49 bits per heavy atom. The van der Waals surface area contributed by atoms with E-state index in [0.717, 1.165) is 35.1 Å². The van der Waals surface area contributed by atoms with Crippen LogP contribution < -0.4 is 10.6 Å². The molecule has 4 heterocycles. The third-order valence-electron chi connectivity index (χ3n) is 7.23. The van der Waals surface area contributed by atoms with Crippen LogP contribution in [0.1, 0.15) is 48.5 Å². The predicted octanol–water partition coefficient (Wildman–Crippen LogP) is 3.14. The van der Waals surface area contributed by atoms with Crippen LogP contribution >= 0.6 is 0 Å². The average molecular weight is 509 g/mol. The minimum absolute atomic E-state index is 0.0157. The number of aryl methyl sites for hydroxylation is 1. The van der Waals surface area contributed by atoms with Gasteiger partial charge in [0.15, 0.2) is 5.65 Å². The highest BCUT2D eigenvalue weighted by Gasteiger charge is 2.27. The molecule has 2 aromatic heterocycles. The zero-order valence-corrected chi connectivity index (χ0v) is 21.1. The topological polar surface area (TPSA) is 101 Å². The second kappa shape index (κ2) is 11.2. The smallest absolute Gasteiger partial charge is 0.255 e. The number of carbonyl (C=O) groups excluding carboxylic acids is 2. The van der Waals surface area contributed by atoms with Crippen molar-refractivity contribution in [2.24, 2.45) is 0 Å². The van der Waals surface area contributed by atoms with E-state index in [1.807, 2.05) is 16.5 Å². The molecular weight excluding hydrogens is 475 g/mol. The van der Waals surface area contributed by atoms with E-state index in [0.29, 0.717) is 51.3 Å². The van der Waals surface area contributed by atoms with Crippen molar-refractivity contribution in [2.75, 3.05) is 31.6 Å². The van der Waals surface area contributed by atoms with Crippen molar-refractivity contribution in [3.8, 4) is 0 Å². The van der Waals surface area contributed by atoms with Gasteiger partial charge in [0.2, 0.25) is 5.91 Å². The van der Waals surface area contributed by atoms with Gasteiger partial charge in [-0.1, -0.05) is 12.1 Å². The Hall–Kier alpha value is -3.53. The first-order valence-electron chi connectivity index (χ1n) is 13.0. The molecule has 2 fully saturated rings. The number of fused-ring (bicyclic) bond motifs is 1. The Balaban J connectivity index is 1.24. The van der Waals surface area contributed by atoms with Crippen LogP contribution in [-0.2, 0) is 22.5 Å².